The lowest BCUT2D eigenvalue weighted by Gasteiger charge is -2.30. The first-order valence-electron chi connectivity index (χ1n) is 7.26. The number of anilines is 1. The number of ether oxygens (including phenoxy) is 1. The van der Waals surface area contributed by atoms with Crippen LogP contribution >= 0.6 is 0 Å². The third-order valence-corrected chi connectivity index (χ3v) is 3.37. The lowest BCUT2D eigenvalue weighted by atomic mass is 9.93. The van der Waals surface area contributed by atoms with Gasteiger partial charge in [0.2, 0.25) is 5.91 Å². The van der Waals surface area contributed by atoms with Crippen LogP contribution in [0.4, 0.5) is 5.69 Å². The molecule has 0 bridgehead atoms. The molecular formula is C16H27N3O2. The van der Waals surface area contributed by atoms with Crippen molar-refractivity contribution in [1.29, 1.82) is 0 Å². The molecule has 0 aliphatic rings. The summed E-state index contributed by atoms with van der Waals surface area (Å²) in [6.45, 7) is 8.83. The van der Waals surface area contributed by atoms with Crippen molar-refractivity contribution in [1.82, 2.24) is 4.90 Å². The van der Waals surface area contributed by atoms with E-state index in [4.69, 9.17) is 10.5 Å². The minimum atomic E-state index is -0.0297. The van der Waals surface area contributed by atoms with Gasteiger partial charge in [-0.25, -0.2) is 0 Å². The molecule has 0 saturated carbocycles. The summed E-state index contributed by atoms with van der Waals surface area (Å²) in [5.41, 5.74) is 6.50. The fraction of sp³-hybridized carbons (Fsp3) is 0.562. The zero-order chi connectivity index (χ0) is 15.9. The smallest absolute Gasteiger partial charge is 0.238 e. The van der Waals surface area contributed by atoms with Crippen LogP contribution in [0.5, 0.6) is 5.75 Å². The van der Waals surface area contributed by atoms with E-state index < -0.39 is 0 Å². The number of methoxy groups -OCH3 is 1. The lowest BCUT2D eigenvalue weighted by Crippen LogP contribution is -2.42. The Kier molecular flexibility index (Phi) is 6.65. The van der Waals surface area contributed by atoms with Gasteiger partial charge in [0, 0.05) is 18.3 Å². The molecule has 5 nitrogen and oxygen atoms in total. The normalized spacial score (nSPS) is 11.5. The molecule has 0 radical (unpaired) electrons. The standard InChI is InChI=1S/C16H27N3O2/c1-5-19(12-16(2,3)11-17)10-15(20)18-13-7-6-8-14(9-13)21-4/h6-9H,5,10-12,17H2,1-4H3,(H,18,20). The van der Waals surface area contributed by atoms with Crippen LogP contribution in [0.15, 0.2) is 24.3 Å². The van der Waals surface area contributed by atoms with Gasteiger partial charge in [0.1, 0.15) is 5.75 Å². The van der Waals surface area contributed by atoms with Crippen LogP contribution in [-0.2, 0) is 4.79 Å². The van der Waals surface area contributed by atoms with Crippen LogP contribution in [0.1, 0.15) is 20.8 Å². The molecule has 0 atom stereocenters. The molecule has 3 N–H and O–H groups in total. The molecule has 0 heterocycles. The van der Waals surface area contributed by atoms with E-state index in [2.05, 4.69) is 24.1 Å². The van der Waals surface area contributed by atoms with Gasteiger partial charge in [-0.1, -0.05) is 26.8 Å². The van der Waals surface area contributed by atoms with Gasteiger partial charge in [-0.05, 0) is 30.6 Å². The van der Waals surface area contributed by atoms with Crippen molar-refractivity contribution in [3.05, 3.63) is 24.3 Å². The summed E-state index contributed by atoms with van der Waals surface area (Å²) >= 11 is 0. The number of nitrogens with two attached hydrogens (primary N) is 1. The van der Waals surface area contributed by atoms with Gasteiger partial charge in [0.25, 0.3) is 0 Å². The molecule has 118 valence electrons. The SMILES string of the molecule is CCN(CC(=O)Nc1cccc(OC)c1)CC(C)(C)CN. The van der Waals surface area contributed by atoms with E-state index in [1.54, 1.807) is 13.2 Å². The van der Waals surface area contributed by atoms with Gasteiger partial charge in [-0.3, -0.25) is 9.69 Å². The Labute approximate surface area is 127 Å². The fourth-order valence-electron chi connectivity index (χ4n) is 2.05. The number of amides is 1. The Balaban J connectivity index is 2.58. The molecule has 0 unspecified atom stereocenters. The average Bonchev–Trinajstić information content (AvgIpc) is 2.46. The third-order valence-electron chi connectivity index (χ3n) is 3.37. The molecule has 1 aromatic carbocycles. The maximum Gasteiger partial charge on any atom is 0.238 e. The van der Waals surface area contributed by atoms with Crippen LogP contribution in [0.3, 0.4) is 0 Å². The van der Waals surface area contributed by atoms with Crippen LogP contribution in [-0.4, -0.2) is 44.1 Å². The summed E-state index contributed by atoms with van der Waals surface area (Å²) in [6, 6.07) is 7.35. The Morgan fingerprint density at radius 2 is 2.14 bits per heavy atom. The van der Waals surface area contributed by atoms with Crippen molar-refractivity contribution in [2.24, 2.45) is 11.1 Å². The molecule has 0 spiro atoms. The number of benzene rings is 1. The molecule has 1 aromatic rings. The molecule has 0 aliphatic carbocycles. The highest BCUT2D eigenvalue weighted by Crippen LogP contribution is 2.17. The number of likely N-dealkylation sites (N-methyl/N-ethyl adjacent to an activating group) is 1. The third kappa shape index (κ3) is 6.14. The second-order valence-electron chi connectivity index (χ2n) is 5.95. The average molecular weight is 293 g/mol. The number of rotatable bonds is 8. The predicted molar refractivity (Wildman–Crippen MR) is 86.6 cm³/mol. The van der Waals surface area contributed by atoms with Crippen molar-refractivity contribution < 1.29 is 9.53 Å². The van der Waals surface area contributed by atoms with Crippen molar-refractivity contribution in [2.75, 3.05) is 38.6 Å². The molecular weight excluding hydrogens is 266 g/mol. The molecule has 21 heavy (non-hydrogen) atoms. The zero-order valence-corrected chi connectivity index (χ0v) is 13.5. The monoisotopic (exact) mass is 293 g/mol. The number of carbonyl (C=O) groups excluding carboxylic acids is 1. The van der Waals surface area contributed by atoms with Gasteiger partial charge >= 0.3 is 0 Å². The molecule has 0 aliphatic heterocycles. The highest BCUT2D eigenvalue weighted by atomic mass is 16.5. The highest BCUT2D eigenvalue weighted by molar-refractivity contribution is 5.92. The van der Waals surface area contributed by atoms with Crippen molar-refractivity contribution >= 4 is 11.6 Å². The van der Waals surface area contributed by atoms with Crippen LogP contribution < -0.4 is 15.8 Å². The molecule has 0 aromatic heterocycles. The second kappa shape index (κ2) is 8.00. The Hall–Kier alpha value is -1.59. The summed E-state index contributed by atoms with van der Waals surface area (Å²) in [5.74, 6) is 0.697. The fourth-order valence-corrected chi connectivity index (χ4v) is 2.05. The van der Waals surface area contributed by atoms with E-state index in [1.807, 2.05) is 25.1 Å². The zero-order valence-electron chi connectivity index (χ0n) is 13.5. The first kappa shape index (κ1) is 17.5. The molecule has 0 saturated heterocycles. The van der Waals surface area contributed by atoms with Gasteiger partial charge in [-0.15, -0.1) is 0 Å². The topological polar surface area (TPSA) is 67.6 Å². The summed E-state index contributed by atoms with van der Waals surface area (Å²) in [4.78, 5) is 14.2. The molecule has 1 rings (SSSR count). The Morgan fingerprint density at radius 3 is 2.71 bits per heavy atom. The maximum atomic E-state index is 12.1. The molecule has 5 heteroatoms. The maximum absolute atomic E-state index is 12.1. The lowest BCUT2D eigenvalue weighted by molar-refractivity contribution is -0.117. The summed E-state index contributed by atoms with van der Waals surface area (Å²) < 4.78 is 5.14. The Morgan fingerprint density at radius 1 is 1.43 bits per heavy atom. The van der Waals surface area contributed by atoms with E-state index >= 15 is 0 Å². The first-order chi connectivity index (χ1) is 9.90. The number of hydrogen-bond donors (Lipinski definition) is 2. The van der Waals surface area contributed by atoms with Gasteiger partial charge in [0.05, 0.1) is 13.7 Å². The number of hydrogen-bond acceptors (Lipinski definition) is 4. The van der Waals surface area contributed by atoms with Crippen molar-refractivity contribution in [3.8, 4) is 5.75 Å². The van der Waals surface area contributed by atoms with Crippen molar-refractivity contribution in [2.45, 2.75) is 20.8 Å². The number of nitrogens with zero attached hydrogens (tertiary/aromatic N) is 1. The minimum Gasteiger partial charge on any atom is -0.497 e. The minimum absolute atomic E-state index is 0.00621. The largest absolute Gasteiger partial charge is 0.497 e. The van der Waals surface area contributed by atoms with E-state index in [0.717, 1.165) is 24.5 Å². The van der Waals surface area contributed by atoms with Crippen LogP contribution in [0.2, 0.25) is 0 Å². The van der Waals surface area contributed by atoms with E-state index in [0.29, 0.717) is 13.1 Å². The summed E-state index contributed by atoms with van der Waals surface area (Å²) in [5, 5.41) is 2.89. The van der Waals surface area contributed by atoms with Crippen molar-refractivity contribution in [3.63, 3.8) is 0 Å². The van der Waals surface area contributed by atoms with Crippen LogP contribution in [0.25, 0.3) is 0 Å². The quantitative estimate of drug-likeness (QED) is 0.768. The van der Waals surface area contributed by atoms with Gasteiger partial charge < -0.3 is 15.8 Å². The van der Waals surface area contributed by atoms with Crippen LogP contribution in [0, 0.1) is 5.41 Å². The van der Waals surface area contributed by atoms with E-state index in [1.165, 1.54) is 0 Å². The predicted octanol–water partition coefficient (Wildman–Crippen LogP) is 1.94. The Bertz CT molecular complexity index is 461. The van der Waals surface area contributed by atoms with E-state index in [9.17, 15) is 4.79 Å². The van der Waals surface area contributed by atoms with E-state index in [-0.39, 0.29) is 11.3 Å². The summed E-state index contributed by atoms with van der Waals surface area (Å²) in [6.07, 6.45) is 0. The van der Waals surface area contributed by atoms with Gasteiger partial charge in [-0.2, -0.15) is 0 Å². The first-order valence-corrected chi connectivity index (χ1v) is 7.26. The molecule has 1 amide bonds. The van der Waals surface area contributed by atoms with Gasteiger partial charge in [0.15, 0.2) is 0 Å². The highest BCUT2D eigenvalue weighted by Gasteiger charge is 2.20. The molecule has 0 fully saturated rings. The number of carbonyl (C=O) groups is 1. The summed E-state index contributed by atoms with van der Waals surface area (Å²) in [7, 11) is 1.61. The second-order valence-corrected chi connectivity index (χ2v) is 5.95. The number of nitrogens with one attached hydrogen (secondary N) is 1.